The fraction of sp³-hybridized carbons (Fsp3) is 0.655. The quantitative estimate of drug-likeness (QED) is 0.587. The van der Waals surface area contributed by atoms with E-state index in [0.29, 0.717) is 36.5 Å². The van der Waals surface area contributed by atoms with Crippen LogP contribution in [-0.2, 0) is 25.7 Å². The molecular formula is C29H38N2O4. The fourth-order valence-electron chi connectivity index (χ4n) is 7.92. The molecule has 4 aliphatic rings. The molecule has 6 atom stereocenters. The maximum absolute atomic E-state index is 12.7. The largest absolute Gasteiger partial charge is 0.462 e. The predicted octanol–water partition coefficient (Wildman–Crippen LogP) is 4.92. The van der Waals surface area contributed by atoms with E-state index in [9.17, 15) is 14.4 Å². The number of allylic oxidation sites excluding steroid dienone is 1. The Labute approximate surface area is 208 Å². The number of esters is 1. The summed E-state index contributed by atoms with van der Waals surface area (Å²) in [6.07, 6.45) is 11.9. The van der Waals surface area contributed by atoms with Crippen LogP contribution in [0.3, 0.4) is 0 Å². The van der Waals surface area contributed by atoms with Gasteiger partial charge in [-0.1, -0.05) is 25.5 Å². The minimum atomic E-state index is -0.265. The lowest BCUT2D eigenvalue weighted by atomic mass is 9.47. The van der Waals surface area contributed by atoms with Gasteiger partial charge in [-0.2, -0.15) is 0 Å². The number of amides is 1. The van der Waals surface area contributed by atoms with Crippen LogP contribution in [0.4, 0.5) is 0 Å². The van der Waals surface area contributed by atoms with Gasteiger partial charge in [-0.25, -0.2) is 0 Å². The lowest BCUT2D eigenvalue weighted by Crippen LogP contribution is -2.51. The average molecular weight is 479 g/mol. The van der Waals surface area contributed by atoms with Crippen LogP contribution < -0.4 is 5.32 Å². The minimum absolute atomic E-state index is 0.0140. The summed E-state index contributed by atoms with van der Waals surface area (Å²) in [6.45, 7) is 5.09. The van der Waals surface area contributed by atoms with Gasteiger partial charge in [0.1, 0.15) is 6.10 Å². The van der Waals surface area contributed by atoms with Crippen LogP contribution in [-0.4, -0.2) is 28.7 Å². The Morgan fingerprint density at radius 2 is 1.91 bits per heavy atom. The van der Waals surface area contributed by atoms with Gasteiger partial charge in [0.15, 0.2) is 5.78 Å². The number of rotatable bonds is 6. The predicted molar refractivity (Wildman–Crippen MR) is 132 cm³/mol. The minimum Gasteiger partial charge on any atom is -0.462 e. The molecule has 1 heterocycles. The molecule has 1 N–H and O–H groups in total. The third kappa shape index (κ3) is 4.56. The number of ether oxygens (including phenoxy) is 1. The van der Waals surface area contributed by atoms with Crippen LogP contribution in [0.15, 0.2) is 36.0 Å². The van der Waals surface area contributed by atoms with Gasteiger partial charge < -0.3 is 10.1 Å². The van der Waals surface area contributed by atoms with Gasteiger partial charge in [0, 0.05) is 24.5 Å². The smallest absolute Gasteiger partial charge is 0.306 e. The number of nitrogens with one attached hydrogen (secondary N) is 1. The van der Waals surface area contributed by atoms with Crippen molar-refractivity contribution in [1.29, 1.82) is 0 Å². The van der Waals surface area contributed by atoms with Gasteiger partial charge in [0.2, 0.25) is 5.91 Å². The number of aromatic nitrogens is 1. The van der Waals surface area contributed by atoms with E-state index in [4.69, 9.17) is 4.74 Å². The molecule has 5 rings (SSSR count). The van der Waals surface area contributed by atoms with Gasteiger partial charge in [-0.15, -0.1) is 0 Å². The Hall–Kier alpha value is -2.50. The van der Waals surface area contributed by atoms with E-state index in [1.54, 1.807) is 6.20 Å². The molecule has 3 fully saturated rings. The van der Waals surface area contributed by atoms with Crippen molar-refractivity contribution in [3.05, 3.63) is 41.7 Å². The van der Waals surface area contributed by atoms with Crippen LogP contribution in [0.5, 0.6) is 0 Å². The average Bonchev–Trinajstić information content (AvgIpc) is 3.18. The number of carbonyl (C=O) groups excluding carboxylic acids is 3. The number of hydrogen-bond donors (Lipinski definition) is 1. The van der Waals surface area contributed by atoms with Crippen molar-refractivity contribution in [2.45, 2.75) is 90.7 Å². The highest BCUT2D eigenvalue weighted by atomic mass is 16.5. The Kier molecular flexibility index (Phi) is 6.58. The number of ketones is 1. The third-order valence-electron chi connectivity index (χ3n) is 9.90. The van der Waals surface area contributed by atoms with E-state index < -0.39 is 0 Å². The number of carbonyl (C=O) groups is 3. The second-order valence-corrected chi connectivity index (χ2v) is 11.7. The fourth-order valence-corrected chi connectivity index (χ4v) is 7.92. The molecule has 35 heavy (non-hydrogen) atoms. The molecule has 1 aromatic heterocycles. The number of hydrogen-bond acceptors (Lipinski definition) is 5. The molecule has 0 aliphatic heterocycles. The molecule has 6 nitrogen and oxygen atoms in total. The molecule has 6 heteroatoms. The monoisotopic (exact) mass is 478 g/mol. The maximum atomic E-state index is 12.7. The van der Waals surface area contributed by atoms with Crippen LogP contribution in [0.2, 0.25) is 0 Å². The molecule has 0 radical (unpaired) electrons. The summed E-state index contributed by atoms with van der Waals surface area (Å²) in [7, 11) is 0. The van der Waals surface area contributed by atoms with Gasteiger partial charge in [-0.05, 0) is 86.3 Å². The van der Waals surface area contributed by atoms with Crippen molar-refractivity contribution < 1.29 is 19.1 Å². The number of nitrogens with zero attached hydrogens (tertiary/aromatic N) is 1. The highest BCUT2D eigenvalue weighted by Crippen LogP contribution is 2.65. The summed E-state index contributed by atoms with van der Waals surface area (Å²) < 4.78 is 6.04. The first-order valence-corrected chi connectivity index (χ1v) is 13.4. The molecule has 1 amide bonds. The normalized spacial score (nSPS) is 35.8. The lowest BCUT2D eigenvalue weighted by Gasteiger charge is -2.57. The summed E-state index contributed by atoms with van der Waals surface area (Å²) in [6, 6.07) is 5.58. The SMILES string of the molecule is CC12CCC(=O)C=C1CCC1C2CCC2(C)C(OC(=O)CCC(=O)NCc3ccccn3)CCC12. The topological polar surface area (TPSA) is 85.4 Å². The third-order valence-corrected chi connectivity index (χ3v) is 9.90. The van der Waals surface area contributed by atoms with Crippen molar-refractivity contribution in [2.75, 3.05) is 0 Å². The summed E-state index contributed by atoms with van der Waals surface area (Å²) in [5.41, 5.74) is 2.36. The Balaban J connectivity index is 1.16. The zero-order valence-corrected chi connectivity index (χ0v) is 21.1. The van der Waals surface area contributed by atoms with Crippen molar-refractivity contribution >= 4 is 17.7 Å². The summed E-state index contributed by atoms with van der Waals surface area (Å²) in [5.74, 6) is 1.72. The molecule has 0 aromatic carbocycles. The Bertz CT molecular complexity index is 1020. The first kappa shape index (κ1) is 24.2. The second-order valence-electron chi connectivity index (χ2n) is 11.7. The van der Waals surface area contributed by atoms with E-state index in [0.717, 1.165) is 50.6 Å². The number of pyridine rings is 1. The zero-order valence-electron chi connectivity index (χ0n) is 21.1. The van der Waals surface area contributed by atoms with Gasteiger partial charge >= 0.3 is 5.97 Å². The highest BCUT2D eigenvalue weighted by Gasteiger charge is 2.59. The second kappa shape index (κ2) is 9.51. The van der Waals surface area contributed by atoms with E-state index in [-0.39, 0.29) is 41.7 Å². The van der Waals surface area contributed by atoms with Gasteiger partial charge in [-0.3, -0.25) is 19.4 Å². The first-order valence-electron chi connectivity index (χ1n) is 13.4. The standard InChI is InChI=1S/C29H38N2O4/c1-28-14-12-21(32)17-19(28)6-7-22-23-8-9-25(29(23,2)15-13-24(22)28)35-27(34)11-10-26(33)31-18-20-5-3-4-16-30-20/h3-5,16-17,22-25H,6-15,18H2,1-2H3,(H,31,33). The molecule has 6 unspecified atom stereocenters. The van der Waals surface area contributed by atoms with Gasteiger partial charge in [0.05, 0.1) is 18.7 Å². The highest BCUT2D eigenvalue weighted by molar-refractivity contribution is 5.91. The summed E-state index contributed by atoms with van der Waals surface area (Å²) in [5, 5.41) is 2.83. The molecule has 0 bridgehead atoms. The van der Waals surface area contributed by atoms with Crippen molar-refractivity contribution in [1.82, 2.24) is 10.3 Å². The summed E-state index contributed by atoms with van der Waals surface area (Å²) >= 11 is 0. The molecular weight excluding hydrogens is 440 g/mol. The van der Waals surface area contributed by atoms with Gasteiger partial charge in [0.25, 0.3) is 0 Å². The number of fused-ring (bicyclic) bond motifs is 5. The van der Waals surface area contributed by atoms with E-state index in [1.165, 1.54) is 5.57 Å². The van der Waals surface area contributed by atoms with Crippen LogP contribution in [0.25, 0.3) is 0 Å². The van der Waals surface area contributed by atoms with E-state index in [2.05, 4.69) is 24.1 Å². The molecule has 1 aromatic rings. The van der Waals surface area contributed by atoms with Crippen LogP contribution >= 0.6 is 0 Å². The maximum Gasteiger partial charge on any atom is 0.306 e. The van der Waals surface area contributed by atoms with E-state index in [1.807, 2.05) is 24.3 Å². The summed E-state index contributed by atoms with van der Waals surface area (Å²) in [4.78, 5) is 41.1. The molecule has 0 saturated heterocycles. The van der Waals surface area contributed by atoms with E-state index >= 15 is 0 Å². The van der Waals surface area contributed by atoms with Crippen molar-refractivity contribution in [3.63, 3.8) is 0 Å². The van der Waals surface area contributed by atoms with Crippen LogP contribution in [0, 0.1) is 28.6 Å². The Morgan fingerprint density at radius 3 is 2.71 bits per heavy atom. The molecule has 0 spiro atoms. The first-order chi connectivity index (χ1) is 16.8. The van der Waals surface area contributed by atoms with Crippen LogP contribution in [0.1, 0.15) is 83.7 Å². The molecule has 188 valence electrons. The molecule has 3 saturated carbocycles. The van der Waals surface area contributed by atoms with Crippen molar-refractivity contribution in [3.8, 4) is 0 Å². The van der Waals surface area contributed by atoms with Crippen molar-refractivity contribution in [2.24, 2.45) is 28.6 Å². The lowest BCUT2D eigenvalue weighted by molar-refractivity contribution is -0.160. The Morgan fingerprint density at radius 1 is 1.06 bits per heavy atom. The molecule has 4 aliphatic carbocycles. The zero-order chi connectivity index (χ0) is 24.6.